The fourth-order valence-corrected chi connectivity index (χ4v) is 2.65. The summed E-state index contributed by atoms with van der Waals surface area (Å²) in [5.74, 6) is 2.48. The third-order valence-electron chi connectivity index (χ3n) is 3.84. The maximum atomic E-state index is 6.14. The van der Waals surface area contributed by atoms with Crippen molar-refractivity contribution in [2.24, 2.45) is 0 Å². The molecule has 3 rings (SSSR count). The van der Waals surface area contributed by atoms with Gasteiger partial charge >= 0.3 is 0 Å². The van der Waals surface area contributed by atoms with Gasteiger partial charge in [0.1, 0.15) is 17.6 Å². The number of ether oxygens (including phenoxy) is 1. The zero-order valence-electron chi connectivity index (χ0n) is 12.7. The summed E-state index contributed by atoms with van der Waals surface area (Å²) in [6.07, 6.45) is 1.80. The highest BCUT2D eigenvalue weighted by molar-refractivity contribution is 5.85. The zero-order chi connectivity index (χ0) is 14.1. The van der Waals surface area contributed by atoms with E-state index in [1.54, 1.807) is 6.26 Å². The van der Waals surface area contributed by atoms with Crippen LogP contribution in [0.2, 0.25) is 0 Å². The number of likely N-dealkylation sites (N-methyl/N-ethyl adjacent to an activating group) is 1. The van der Waals surface area contributed by atoms with Crippen LogP contribution >= 0.6 is 12.4 Å². The van der Waals surface area contributed by atoms with Crippen LogP contribution < -0.4 is 4.74 Å². The smallest absolute Gasteiger partial charge is 0.140 e. The second-order valence-corrected chi connectivity index (χ2v) is 5.83. The Morgan fingerprint density at radius 3 is 2.57 bits per heavy atom. The molecule has 1 aliphatic heterocycles. The van der Waals surface area contributed by atoms with Crippen molar-refractivity contribution in [2.75, 3.05) is 13.6 Å². The average Bonchev–Trinajstić information content (AvgIpc) is 2.87. The predicted molar refractivity (Wildman–Crippen MR) is 86.2 cm³/mol. The summed E-state index contributed by atoms with van der Waals surface area (Å²) in [5, 5.41) is 0. The van der Waals surface area contributed by atoms with Gasteiger partial charge in [-0.3, -0.25) is 4.90 Å². The summed E-state index contributed by atoms with van der Waals surface area (Å²) >= 11 is 0. The molecule has 0 saturated heterocycles. The molecule has 0 radical (unpaired) electrons. The van der Waals surface area contributed by atoms with Crippen molar-refractivity contribution in [1.29, 1.82) is 0 Å². The second-order valence-electron chi connectivity index (χ2n) is 5.83. The Bertz CT molecular complexity index is 577. The van der Waals surface area contributed by atoms with Crippen molar-refractivity contribution in [2.45, 2.75) is 32.4 Å². The lowest BCUT2D eigenvalue weighted by Gasteiger charge is -2.29. The molecule has 4 heteroatoms. The van der Waals surface area contributed by atoms with Gasteiger partial charge in [-0.2, -0.15) is 0 Å². The number of rotatable bonds is 3. The van der Waals surface area contributed by atoms with Gasteiger partial charge in [-0.05, 0) is 36.7 Å². The summed E-state index contributed by atoms with van der Waals surface area (Å²) in [5.41, 5.74) is 2.51. The maximum absolute atomic E-state index is 6.14. The van der Waals surface area contributed by atoms with Crippen molar-refractivity contribution in [3.63, 3.8) is 0 Å². The molecule has 21 heavy (non-hydrogen) atoms. The van der Waals surface area contributed by atoms with Gasteiger partial charge in [0.15, 0.2) is 0 Å². The number of nitrogens with zero attached hydrogens (tertiary/aromatic N) is 1. The van der Waals surface area contributed by atoms with E-state index in [1.807, 2.05) is 6.07 Å². The Balaban J connectivity index is 0.00000161. The number of furan rings is 1. The van der Waals surface area contributed by atoms with E-state index in [2.05, 4.69) is 50.1 Å². The molecule has 0 fully saturated rings. The van der Waals surface area contributed by atoms with E-state index in [-0.39, 0.29) is 18.5 Å². The van der Waals surface area contributed by atoms with Crippen LogP contribution in [0.25, 0.3) is 0 Å². The highest BCUT2D eigenvalue weighted by atomic mass is 35.5. The largest absolute Gasteiger partial charge is 0.484 e. The highest BCUT2D eigenvalue weighted by Gasteiger charge is 2.27. The zero-order valence-corrected chi connectivity index (χ0v) is 13.5. The molecular weight excluding hydrogens is 286 g/mol. The third-order valence-corrected chi connectivity index (χ3v) is 3.84. The fourth-order valence-electron chi connectivity index (χ4n) is 2.65. The molecule has 0 N–H and O–H groups in total. The van der Waals surface area contributed by atoms with Crippen LogP contribution in [-0.2, 0) is 6.54 Å². The summed E-state index contributed by atoms with van der Waals surface area (Å²) in [7, 11) is 2.09. The Hall–Kier alpha value is -1.45. The minimum atomic E-state index is 0. The van der Waals surface area contributed by atoms with E-state index in [4.69, 9.17) is 9.15 Å². The minimum Gasteiger partial charge on any atom is -0.484 e. The average molecular weight is 308 g/mol. The fraction of sp³-hybridized carbons (Fsp3) is 0.412. The summed E-state index contributed by atoms with van der Waals surface area (Å²) in [4.78, 5) is 2.22. The highest BCUT2D eigenvalue weighted by Crippen LogP contribution is 2.31. The van der Waals surface area contributed by atoms with Crippen LogP contribution in [0.5, 0.6) is 5.75 Å². The van der Waals surface area contributed by atoms with Crippen molar-refractivity contribution >= 4 is 12.4 Å². The van der Waals surface area contributed by atoms with Crippen LogP contribution in [0, 0.1) is 0 Å². The quantitative estimate of drug-likeness (QED) is 0.841. The van der Waals surface area contributed by atoms with Gasteiger partial charge in [0.25, 0.3) is 0 Å². The van der Waals surface area contributed by atoms with Crippen molar-refractivity contribution < 1.29 is 9.15 Å². The van der Waals surface area contributed by atoms with Crippen LogP contribution in [0.1, 0.15) is 42.8 Å². The SMILES string of the molecule is CC(C)c1ccc(OC2CN(C)Cc3occc32)cc1.Cl. The summed E-state index contributed by atoms with van der Waals surface area (Å²) < 4.78 is 11.7. The molecule has 0 amide bonds. The van der Waals surface area contributed by atoms with E-state index in [1.165, 1.54) is 11.1 Å². The number of fused-ring (bicyclic) bond motifs is 1. The van der Waals surface area contributed by atoms with Crippen LogP contribution in [-0.4, -0.2) is 18.5 Å². The predicted octanol–water partition coefficient (Wildman–Crippen LogP) is 4.39. The molecule has 114 valence electrons. The molecule has 2 heterocycles. The van der Waals surface area contributed by atoms with Crippen LogP contribution in [0.4, 0.5) is 0 Å². The molecule has 0 bridgehead atoms. The summed E-state index contributed by atoms with van der Waals surface area (Å²) in [6.45, 7) is 6.14. The van der Waals surface area contributed by atoms with Crippen molar-refractivity contribution in [3.8, 4) is 5.75 Å². The summed E-state index contributed by atoms with van der Waals surface area (Å²) in [6, 6.07) is 10.4. The molecule has 0 spiro atoms. The number of benzene rings is 1. The van der Waals surface area contributed by atoms with Gasteiger partial charge in [0, 0.05) is 12.1 Å². The minimum absolute atomic E-state index is 0. The molecule has 1 aromatic heterocycles. The number of halogens is 1. The first-order valence-electron chi connectivity index (χ1n) is 7.15. The van der Waals surface area contributed by atoms with Gasteiger partial charge in [-0.25, -0.2) is 0 Å². The second kappa shape index (κ2) is 6.54. The molecule has 1 aliphatic rings. The van der Waals surface area contributed by atoms with Crippen molar-refractivity contribution in [1.82, 2.24) is 4.90 Å². The molecule has 0 saturated carbocycles. The monoisotopic (exact) mass is 307 g/mol. The molecule has 1 aromatic carbocycles. The third kappa shape index (κ3) is 3.42. The van der Waals surface area contributed by atoms with Crippen LogP contribution in [0.15, 0.2) is 41.0 Å². The first-order chi connectivity index (χ1) is 9.63. The Labute approximate surface area is 132 Å². The molecule has 1 atom stereocenters. The lowest BCUT2D eigenvalue weighted by Crippen LogP contribution is -2.32. The van der Waals surface area contributed by atoms with Crippen molar-refractivity contribution in [3.05, 3.63) is 53.5 Å². The molecule has 1 unspecified atom stereocenters. The van der Waals surface area contributed by atoms with Gasteiger partial charge in [-0.15, -0.1) is 12.4 Å². The molecule has 2 aromatic rings. The lowest BCUT2D eigenvalue weighted by molar-refractivity contribution is 0.120. The molecular formula is C17H22ClNO2. The van der Waals surface area contributed by atoms with Gasteiger partial charge in [0.05, 0.1) is 12.8 Å². The van der Waals surface area contributed by atoms with Crippen LogP contribution in [0.3, 0.4) is 0 Å². The Morgan fingerprint density at radius 2 is 1.90 bits per heavy atom. The van der Waals surface area contributed by atoms with E-state index in [0.29, 0.717) is 5.92 Å². The van der Waals surface area contributed by atoms with Gasteiger partial charge in [0.2, 0.25) is 0 Å². The van der Waals surface area contributed by atoms with E-state index in [0.717, 1.165) is 24.6 Å². The topological polar surface area (TPSA) is 25.6 Å². The van der Waals surface area contributed by atoms with Gasteiger partial charge in [-0.1, -0.05) is 26.0 Å². The first-order valence-corrected chi connectivity index (χ1v) is 7.15. The van der Waals surface area contributed by atoms with E-state index in [9.17, 15) is 0 Å². The Morgan fingerprint density at radius 1 is 1.19 bits per heavy atom. The first kappa shape index (κ1) is 15.9. The van der Waals surface area contributed by atoms with Gasteiger partial charge < -0.3 is 9.15 Å². The lowest BCUT2D eigenvalue weighted by atomic mass is 10.0. The molecule has 3 nitrogen and oxygen atoms in total. The number of hydrogen-bond donors (Lipinski definition) is 0. The normalized spacial score (nSPS) is 18.2. The Kier molecular flexibility index (Phi) is 4.96. The molecule has 0 aliphatic carbocycles. The maximum Gasteiger partial charge on any atom is 0.140 e. The standard InChI is InChI=1S/C17H21NO2.ClH/c1-12(2)13-4-6-14(7-5-13)20-17-11-18(3)10-16-15(17)8-9-19-16;/h4-9,12,17H,10-11H2,1-3H3;1H. The van der Waals surface area contributed by atoms with E-state index < -0.39 is 0 Å². The number of hydrogen-bond acceptors (Lipinski definition) is 3. The van der Waals surface area contributed by atoms with E-state index >= 15 is 0 Å².